The molecule has 152 valence electrons. The molecule has 1 aliphatic rings. The number of hydrogen-bond acceptors (Lipinski definition) is 3. The van der Waals surface area contributed by atoms with Crippen LogP contribution in [0.15, 0.2) is 84.9 Å². The van der Waals surface area contributed by atoms with Crippen LogP contribution in [0.5, 0.6) is 5.75 Å². The first-order valence-electron chi connectivity index (χ1n) is 10.4. The van der Waals surface area contributed by atoms with Crippen molar-refractivity contribution in [1.29, 1.82) is 0 Å². The van der Waals surface area contributed by atoms with Crippen molar-refractivity contribution in [2.75, 3.05) is 23.3 Å². The number of rotatable bonds is 7. The zero-order valence-corrected chi connectivity index (χ0v) is 17.0. The average Bonchev–Trinajstić information content (AvgIpc) is 3.33. The summed E-state index contributed by atoms with van der Waals surface area (Å²) in [6, 6.07) is 25.8. The van der Waals surface area contributed by atoms with Gasteiger partial charge in [0.2, 0.25) is 5.91 Å². The summed E-state index contributed by atoms with van der Waals surface area (Å²) in [4.78, 5) is 14.6. The van der Waals surface area contributed by atoms with Gasteiger partial charge in [0.05, 0.1) is 0 Å². The monoisotopic (exact) mass is 398 g/mol. The number of nitrogens with zero attached hydrogens (tertiary/aromatic N) is 1. The van der Waals surface area contributed by atoms with Crippen molar-refractivity contribution in [3.05, 3.63) is 96.1 Å². The molecule has 4 nitrogen and oxygen atoms in total. The molecule has 1 saturated heterocycles. The molecular weight excluding hydrogens is 372 g/mol. The minimum absolute atomic E-state index is 0.145. The van der Waals surface area contributed by atoms with E-state index in [9.17, 15) is 4.79 Å². The van der Waals surface area contributed by atoms with E-state index >= 15 is 0 Å². The Balaban J connectivity index is 1.27. The zero-order valence-electron chi connectivity index (χ0n) is 17.0. The van der Waals surface area contributed by atoms with E-state index in [1.807, 2.05) is 66.7 Å². The Morgan fingerprint density at radius 1 is 0.900 bits per heavy atom. The maximum Gasteiger partial charge on any atom is 0.248 e. The van der Waals surface area contributed by atoms with Gasteiger partial charge in [-0.15, -0.1) is 0 Å². The number of hydrogen-bond donors (Lipinski definition) is 1. The van der Waals surface area contributed by atoms with Crippen LogP contribution in [0.1, 0.15) is 24.0 Å². The normalized spacial score (nSPS) is 13.5. The lowest BCUT2D eigenvalue weighted by Gasteiger charge is -2.17. The quantitative estimate of drug-likeness (QED) is 0.533. The number of amides is 1. The summed E-state index contributed by atoms with van der Waals surface area (Å²) in [5.74, 6) is 0.659. The van der Waals surface area contributed by atoms with E-state index in [1.165, 1.54) is 18.5 Å². The summed E-state index contributed by atoms with van der Waals surface area (Å²) in [6.45, 7) is 2.77. The van der Waals surface area contributed by atoms with E-state index < -0.39 is 0 Å². The minimum Gasteiger partial charge on any atom is -0.489 e. The van der Waals surface area contributed by atoms with Gasteiger partial charge in [0.25, 0.3) is 0 Å². The lowest BCUT2D eigenvalue weighted by atomic mass is 10.2. The maximum atomic E-state index is 12.2. The molecule has 0 spiro atoms. The number of nitrogens with one attached hydrogen (secondary N) is 1. The first-order valence-corrected chi connectivity index (χ1v) is 10.4. The third-order valence-corrected chi connectivity index (χ3v) is 5.16. The van der Waals surface area contributed by atoms with Gasteiger partial charge in [0.15, 0.2) is 0 Å². The Morgan fingerprint density at radius 3 is 2.30 bits per heavy atom. The van der Waals surface area contributed by atoms with Crippen molar-refractivity contribution >= 4 is 23.4 Å². The molecule has 0 unspecified atom stereocenters. The highest BCUT2D eigenvalue weighted by Crippen LogP contribution is 2.22. The van der Waals surface area contributed by atoms with E-state index in [4.69, 9.17) is 4.74 Å². The molecule has 1 N–H and O–H groups in total. The van der Waals surface area contributed by atoms with Gasteiger partial charge in [-0.2, -0.15) is 0 Å². The average molecular weight is 399 g/mol. The van der Waals surface area contributed by atoms with Gasteiger partial charge < -0.3 is 15.0 Å². The van der Waals surface area contributed by atoms with Crippen LogP contribution in [-0.4, -0.2) is 19.0 Å². The molecule has 0 aliphatic carbocycles. The molecule has 4 heteroatoms. The molecule has 1 amide bonds. The Kier molecular flexibility index (Phi) is 6.45. The van der Waals surface area contributed by atoms with Gasteiger partial charge in [-0.3, -0.25) is 4.79 Å². The molecule has 3 aromatic carbocycles. The molecule has 1 fully saturated rings. The van der Waals surface area contributed by atoms with Crippen molar-refractivity contribution in [2.45, 2.75) is 19.4 Å². The molecule has 1 heterocycles. The molecule has 0 aromatic heterocycles. The summed E-state index contributed by atoms with van der Waals surface area (Å²) in [5.41, 5.74) is 4.10. The summed E-state index contributed by atoms with van der Waals surface area (Å²) in [6.07, 6.45) is 5.86. The number of carbonyl (C=O) groups excluding carboxylic acids is 1. The van der Waals surface area contributed by atoms with Crippen molar-refractivity contribution in [3.63, 3.8) is 0 Å². The van der Waals surface area contributed by atoms with Gasteiger partial charge in [-0.05, 0) is 66.4 Å². The molecule has 3 aromatic rings. The number of anilines is 2. The first kappa shape index (κ1) is 19.8. The van der Waals surface area contributed by atoms with Gasteiger partial charge in [0.1, 0.15) is 12.4 Å². The maximum absolute atomic E-state index is 12.2. The van der Waals surface area contributed by atoms with Crippen LogP contribution in [0.2, 0.25) is 0 Å². The summed E-state index contributed by atoms with van der Waals surface area (Å²) in [7, 11) is 0. The Hall–Kier alpha value is -3.53. The van der Waals surface area contributed by atoms with E-state index in [1.54, 1.807) is 12.2 Å². The summed E-state index contributed by atoms with van der Waals surface area (Å²) >= 11 is 0. The highest BCUT2D eigenvalue weighted by Gasteiger charge is 2.11. The van der Waals surface area contributed by atoms with Crippen LogP contribution in [0.25, 0.3) is 6.08 Å². The molecule has 0 radical (unpaired) electrons. The van der Waals surface area contributed by atoms with E-state index in [-0.39, 0.29) is 5.91 Å². The van der Waals surface area contributed by atoms with E-state index in [2.05, 4.69) is 22.3 Å². The Labute approximate surface area is 177 Å². The lowest BCUT2D eigenvalue weighted by Crippen LogP contribution is -2.17. The van der Waals surface area contributed by atoms with Crippen molar-refractivity contribution in [2.24, 2.45) is 0 Å². The molecular formula is C26H26N2O2. The smallest absolute Gasteiger partial charge is 0.248 e. The minimum atomic E-state index is -0.145. The number of carbonyl (C=O) groups is 1. The van der Waals surface area contributed by atoms with Gasteiger partial charge in [-0.25, -0.2) is 0 Å². The van der Waals surface area contributed by atoms with Crippen molar-refractivity contribution in [3.8, 4) is 5.75 Å². The fraction of sp³-hybridized carbons (Fsp3) is 0.192. The second-order valence-electron chi connectivity index (χ2n) is 7.41. The van der Waals surface area contributed by atoms with Crippen molar-refractivity contribution < 1.29 is 9.53 Å². The third kappa shape index (κ3) is 5.51. The standard InChI is InChI=1S/C26H26N2O2/c29-26(27-23-11-13-24(14-12-23)28-18-4-5-19-28)17-10-21-8-15-25(16-9-21)30-20-22-6-2-1-3-7-22/h1-3,6-17H,4-5,18-20H2,(H,27,29)/b17-10+. The predicted molar refractivity (Wildman–Crippen MR) is 123 cm³/mol. The van der Waals surface area contributed by atoms with Gasteiger partial charge in [0, 0.05) is 30.5 Å². The van der Waals surface area contributed by atoms with E-state index in [0.717, 1.165) is 35.7 Å². The van der Waals surface area contributed by atoms with Crippen LogP contribution in [0, 0.1) is 0 Å². The van der Waals surface area contributed by atoms with Crippen LogP contribution >= 0.6 is 0 Å². The number of ether oxygens (including phenoxy) is 1. The van der Waals surface area contributed by atoms with E-state index in [0.29, 0.717) is 6.61 Å². The Bertz CT molecular complexity index is 974. The second-order valence-corrected chi connectivity index (χ2v) is 7.41. The van der Waals surface area contributed by atoms with Crippen LogP contribution in [-0.2, 0) is 11.4 Å². The molecule has 1 aliphatic heterocycles. The highest BCUT2D eigenvalue weighted by atomic mass is 16.5. The predicted octanol–water partition coefficient (Wildman–Crippen LogP) is 5.52. The first-order chi connectivity index (χ1) is 14.8. The lowest BCUT2D eigenvalue weighted by molar-refractivity contribution is -0.111. The topological polar surface area (TPSA) is 41.6 Å². The molecule has 0 atom stereocenters. The second kappa shape index (κ2) is 9.79. The van der Waals surface area contributed by atoms with Crippen LogP contribution in [0.3, 0.4) is 0 Å². The zero-order chi connectivity index (χ0) is 20.6. The molecule has 4 rings (SSSR count). The van der Waals surface area contributed by atoms with Gasteiger partial charge in [-0.1, -0.05) is 42.5 Å². The third-order valence-electron chi connectivity index (χ3n) is 5.16. The highest BCUT2D eigenvalue weighted by molar-refractivity contribution is 6.02. The van der Waals surface area contributed by atoms with Crippen LogP contribution < -0.4 is 15.0 Å². The summed E-state index contributed by atoms with van der Waals surface area (Å²) < 4.78 is 5.79. The fourth-order valence-corrected chi connectivity index (χ4v) is 3.50. The molecule has 0 bridgehead atoms. The SMILES string of the molecule is O=C(/C=C/c1ccc(OCc2ccccc2)cc1)Nc1ccc(N2CCCC2)cc1. The van der Waals surface area contributed by atoms with Crippen molar-refractivity contribution in [1.82, 2.24) is 0 Å². The largest absolute Gasteiger partial charge is 0.489 e. The summed E-state index contributed by atoms with van der Waals surface area (Å²) in [5, 5.41) is 2.91. The van der Waals surface area contributed by atoms with Gasteiger partial charge >= 0.3 is 0 Å². The van der Waals surface area contributed by atoms with Crippen LogP contribution in [0.4, 0.5) is 11.4 Å². The Morgan fingerprint density at radius 2 is 1.60 bits per heavy atom. The number of benzene rings is 3. The molecule has 30 heavy (non-hydrogen) atoms. The molecule has 0 saturated carbocycles. The fourth-order valence-electron chi connectivity index (χ4n) is 3.50.